The van der Waals surface area contributed by atoms with Gasteiger partial charge in [-0.15, -0.1) is 0 Å². The maximum atomic E-state index is 4.84. The third-order valence-corrected chi connectivity index (χ3v) is 5.03. The molecule has 0 aliphatic heterocycles. The molecule has 0 bridgehead atoms. The second kappa shape index (κ2) is 12.2. The van der Waals surface area contributed by atoms with Gasteiger partial charge in [-0.05, 0) is 24.3 Å². The summed E-state index contributed by atoms with van der Waals surface area (Å²) in [5.74, 6) is 0. The molecule has 0 unspecified atom stereocenters. The number of hydrogen-bond donors (Lipinski definition) is 1. The second-order valence-corrected chi connectivity index (χ2v) is 7.37. The van der Waals surface area contributed by atoms with Gasteiger partial charge < -0.3 is 5.32 Å². The van der Waals surface area contributed by atoms with Crippen LogP contribution in [-0.2, 0) is 0 Å². The zero-order valence-corrected chi connectivity index (χ0v) is 18.5. The second-order valence-electron chi connectivity index (χ2n) is 7.37. The molecule has 4 aromatic rings. The molecule has 0 spiro atoms. The molecule has 5 heteroatoms. The van der Waals surface area contributed by atoms with E-state index in [1.165, 1.54) is 0 Å². The molecule has 0 aliphatic carbocycles. The van der Waals surface area contributed by atoms with Crippen LogP contribution in [-0.4, -0.2) is 47.6 Å². The smallest absolute Gasteiger partial charge is 0.0903 e. The predicted octanol–water partition coefficient (Wildman–Crippen LogP) is 4.44. The molecule has 2 aromatic heterocycles. The van der Waals surface area contributed by atoms with E-state index in [1.807, 2.05) is 72.8 Å². The number of rotatable bonds is 10. The molecule has 164 valence electrons. The highest BCUT2D eigenvalue weighted by Gasteiger charge is 2.08. The van der Waals surface area contributed by atoms with Gasteiger partial charge in [0.2, 0.25) is 0 Å². The number of aliphatic imine (C=N–C) groups is 2. The van der Waals surface area contributed by atoms with Crippen LogP contribution in [0.4, 0.5) is 0 Å². The van der Waals surface area contributed by atoms with E-state index < -0.39 is 0 Å². The number of pyridine rings is 2. The largest absolute Gasteiger partial charge is 0.313 e. The lowest BCUT2D eigenvalue weighted by molar-refractivity contribution is 0.697. The molecule has 5 nitrogen and oxygen atoms in total. The van der Waals surface area contributed by atoms with Gasteiger partial charge in [0.1, 0.15) is 0 Å². The van der Waals surface area contributed by atoms with Gasteiger partial charge in [-0.2, -0.15) is 0 Å². The molecule has 1 N–H and O–H groups in total. The Labute approximate surface area is 195 Å². The summed E-state index contributed by atoms with van der Waals surface area (Å²) in [6.45, 7) is 2.86. The summed E-state index contributed by atoms with van der Waals surface area (Å²) in [6, 6.07) is 32.2. The maximum absolute atomic E-state index is 4.84. The lowest BCUT2D eigenvalue weighted by atomic mass is 10.1. The van der Waals surface area contributed by atoms with Crippen molar-refractivity contribution in [1.82, 2.24) is 15.3 Å². The van der Waals surface area contributed by atoms with Crippen LogP contribution in [0.15, 0.2) is 119 Å². The fourth-order valence-corrected chi connectivity index (χ4v) is 3.46. The Morgan fingerprint density at radius 3 is 1.36 bits per heavy atom. The minimum atomic E-state index is 0.663. The van der Waals surface area contributed by atoms with Crippen molar-refractivity contribution in [3.05, 3.63) is 132 Å². The minimum absolute atomic E-state index is 0.663. The Bertz CT molecular complexity index is 980. The number of aromatic nitrogens is 2. The molecule has 0 saturated heterocycles. The van der Waals surface area contributed by atoms with Crippen molar-refractivity contribution in [2.75, 3.05) is 26.2 Å². The Kier molecular flexibility index (Phi) is 8.20. The van der Waals surface area contributed by atoms with E-state index in [2.05, 4.69) is 39.6 Å². The van der Waals surface area contributed by atoms with E-state index in [9.17, 15) is 0 Å². The molecule has 0 fully saturated rings. The molecule has 0 aliphatic rings. The van der Waals surface area contributed by atoms with E-state index in [-0.39, 0.29) is 0 Å². The average Bonchev–Trinajstić information content (AvgIpc) is 2.90. The van der Waals surface area contributed by atoms with Crippen LogP contribution < -0.4 is 5.32 Å². The topological polar surface area (TPSA) is 62.5 Å². The van der Waals surface area contributed by atoms with E-state index in [0.717, 1.165) is 47.0 Å². The lowest BCUT2D eigenvalue weighted by Gasteiger charge is -2.08. The van der Waals surface area contributed by atoms with E-state index in [4.69, 9.17) is 9.98 Å². The Morgan fingerprint density at radius 1 is 0.545 bits per heavy atom. The van der Waals surface area contributed by atoms with Crippen molar-refractivity contribution in [1.29, 1.82) is 0 Å². The number of benzene rings is 2. The van der Waals surface area contributed by atoms with Gasteiger partial charge in [-0.1, -0.05) is 72.8 Å². The molecule has 2 heterocycles. The Balaban J connectivity index is 1.36. The van der Waals surface area contributed by atoms with Crippen molar-refractivity contribution >= 4 is 11.4 Å². The van der Waals surface area contributed by atoms with Gasteiger partial charge in [-0.3, -0.25) is 20.0 Å². The summed E-state index contributed by atoms with van der Waals surface area (Å²) in [5, 5.41) is 3.45. The van der Waals surface area contributed by atoms with Crippen LogP contribution >= 0.6 is 0 Å². The zero-order valence-electron chi connectivity index (χ0n) is 18.5. The summed E-state index contributed by atoms with van der Waals surface area (Å²) in [4.78, 5) is 18.6. The molecule has 2 aromatic carbocycles. The van der Waals surface area contributed by atoms with Crippen molar-refractivity contribution in [2.45, 2.75) is 0 Å². The predicted molar refractivity (Wildman–Crippen MR) is 135 cm³/mol. The highest BCUT2D eigenvalue weighted by molar-refractivity contribution is 6.12. The first-order chi connectivity index (χ1) is 16.4. The van der Waals surface area contributed by atoms with Gasteiger partial charge in [0, 0.05) is 36.6 Å². The number of nitrogens with one attached hydrogen (secondary N) is 1. The van der Waals surface area contributed by atoms with Crippen LogP contribution in [0.1, 0.15) is 22.5 Å². The first kappa shape index (κ1) is 22.2. The van der Waals surface area contributed by atoms with E-state index >= 15 is 0 Å². The Morgan fingerprint density at radius 2 is 0.970 bits per heavy atom. The van der Waals surface area contributed by atoms with Gasteiger partial charge in [-0.25, -0.2) is 0 Å². The molecule has 0 saturated carbocycles. The lowest BCUT2D eigenvalue weighted by Crippen LogP contribution is -2.22. The first-order valence-corrected chi connectivity index (χ1v) is 11.1. The standard InChI is InChI=1S/C28H27N5/c1-3-11-23(12-4-1)27(25-15-7-9-17-30-25)32-21-19-29-20-22-33-28(24-13-5-2-6-14-24)26-16-8-10-18-31-26/h1-18,29H,19-22H2. The van der Waals surface area contributed by atoms with Crippen LogP contribution in [0.5, 0.6) is 0 Å². The molecule has 0 amide bonds. The molecule has 33 heavy (non-hydrogen) atoms. The van der Waals surface area contributed by atoms with Crippen LogP contribution in [0, 0.1) is 0 Å². The minimum Gasteiger partial charge on any atom is -0.313 e. The fourth-order valence-electron chi connectivity index (χ4n) is 3.46. The summed E-state index contributed by atoms with van der Waals surface area (Å²) < 4.78 is 0. The summed E-state index contributed by atoms with van der Waals surface area (Å²) >= 11 is 0. The average molecular weight is 434 g/mol. The highest BCUT2D eigenvalue weighted by atomic mass is 14.9. The van der Waals surface area contributed by atoms with Gasteiger partial charge in [0.15, 0.2) is 0 Å². The molecule has 4 rings (SSSR count). The normalized spacial score (nSPS) is 12.0. The molecular weight excluding hydrogens is 406 g/mol. The van der Waals surface area contributed by atoms with Crippen molar-refractivity contribution in [3.8, 4) is 0 Å². The third kappa shape index (κ3) is 6.51. The molecular formula is C28H27N5. The Hall–Kier alpha value is -3.96. The summed E-state index contributed by atoms with van der Waals surface area (Å²) in [7, 11) is 0. The van der Waals surface area contributed by atoms with Crippen molar-refractivity contribution < 1.29 is 0 Å². The van der Waals surface area contributed by atoms with Crippen molar-refractivity contribution in [3.63, 3.8) is 0 Å². The molecule has 0 atom stereocenters. The van der Waals surface area contributed by atoms with E-state index in [1.54, 1.807) is 12.4 Å². The van der Waals surface area contributed by atoms with Crippen LogP contribution in [0.25, 0.3) is 0 Å². The third-order valence-electron chi connectivity index (χ3n) is 5.03. The number of nitrogens with zero attached hydrogens (tertiary/aromatic N) is 4. The van der Waals surface area contributed by atoms with Gasteiger partial charge in [0.05, 0.1) is 35.9 Å². The molecule has 0 radical (unpaired) electrons. The van der Waals surface area contributed by atoms with E-state index in [0.29, 0.717) is 13.1 Å². The maximum Gasteiger partial charge on any atom is 0.0903 e. The van der Waals surface area contributed by atoms with Crippen LogP contribution in [0.3, 0.4) is 0 Å². The van der Waals surface area contributed by atoms with Crippen LogP contribution in [0.2, 0.25) is 0 Å². The van der Waals surface area contributed by atoms with Gasteiger partial charge in [0.25, 0.3) is 0 Å². The quantitative estimate of drug-likeness (QED) is 0.297. The SMILES string of the molecule is c1ccc(C(=NCCNCCN=C(c2ccccc2)c2ccccn2)c2ccccn2)cc1. The summed E-state index contributed by atoms with van der Waals surface area (Å²) in [5.41, 5.74) is 5.75. The number of hydrogen-bond acceptors (Lipinski definition) is 5. The highest BCUT2D eigenvalue weighted by Crippen LogP contribution is 2.10. The zero-order chi connectivity index (χ0) is 22.6. The fraction of sp³-hybridized carbons (Fsp3) is 0.143. The monoisotopic (exact) mass is 433 g/mol. The van der Waals surface area contributed by atoms with Crippen molar-refractivity contribution in [2.24, 2.45) is 9.98 Å². The summed E-state index contributed by atoms with van der Waals surface area (Å²) in [6.07, 6.45) is 3.60. The first-order valence-electron chi connectivity index (χ1n) is 11.1. The van der Waals surface area contributed by atoms with Gasteiger partial charge >= 0.3 is 0 Å².